The summed E-state index contributed by atoms with van der Waals surface area (Å²) in [5.74, 6) is 1.26. The Balaban J connectivity index is 1.51. The van der Waals surface area contributed by atoms with Crippen LogP contribution in [-0.4, -0.2) is 28.0 Å². The van der Waals surface area contributed by atoms with Crippen LogP contribution in [-0.2, 0) is 13.1 Å². The highest BCUT2D eigenvalue weighted by molar-refractivity contribution is 6.30. The molecule has 0 unspecified atom stereocenters. The molecule has 4 N–H and O–H groups in total. The van der Waals surface area contributed by atoms with Crippen LogP contribution in [0.2, 0.25) is 5.02 Å². The molecule has 4 aromatic rings. The minimum absolute atomic E-state index is 0.355. The van der Waals surface area contributed by atoms with E-state index in [2.05, 4.69) is 60.1 Å². The average Bonchev–Trinajstić information content (AvgIpc) is 3.10. The van der Waals surface area contributed by atoms with Crippen molar-refractivity contribution in [2.75, 3.05) is 28.6 Å². The minimum Gasteiger partial charge on any atom is -0.364 e. The van der Waals surface area contributed by atoms with Gasteiger partial charge in [0.2, 0.25) is 11.5 Å². The summed E-state index contributed by atoms with van der Waals surface area (Å²) in [6.07, 6.45) is 1.64. The van der Waals surface area contributed by atoms with E-state index in [9.17, 15) is 0 Å². The Morgan fingerprint density at radius 2 is 2.03 bits per heavy atom. The molecule has 0 saturated heterocycles. The number of nitrogens with zero attached hydrogens (tertiary/aromatic N) is 4. The molecular weight excluding hydrogens is 386 g/mol. The molecule has 0 aliphatic carbocycles. The van der Waals surface area contributed by atoms with Gasteiger partial charge >= 0.3 is 5.95 Å². The summed E-state index contributed by atoms with van der Waals surface area (Å²) in [4.78, 5) is 19.6. The van der Waals surface area contributed by atoms with Gasteiger partial charge in [-0.15, -0.1) is 0 Å². The zero-order valence-electron chi connectivity index (χ0n) is 15.8. The molecule has 0 atom stereocenters. The normalized spacial score (nSPS) is 14.1. The Morgan fingerprint density at radius 1 is 1.14 bits per heavy atom. The number of hydrogen-bond acceptors (Lipinski definition) is 5. The fraction of sp³-hybridized carbons (Fsp3) is 0.190. The number of rotatable bonds is 3. The van der Waals surface area contributed by atoms with Gasteiger partial charge in [0.25, 0.3) is 0 Å². The summed E-state index contributed by atoms with van der Waals surface area (Å²) in [6, 6.07) is 16.6. The van der Waals surface area contributed by atoms with E-state index < -0.39 is 0 Å². The molecule has 2 aromatic heterocycles. The van der Waals surface area contributed by atoms with Crippen LogP contribution in [0.25, 0.3) is 11.2 Å². The predicted molar refractivity (Wildman–Crippen MR) is 115 cm³/mol. The summed E-state index contributed by atoms with van der Waals surface area (Å²) in [5, 5.41) is 0.760. The molecule has 29 heavy (non-hydrogen) atoms. The first-order valence-electron chi connectivity index (χ1n) is 9.51. The van der Waals surface area contributed by atoms with Gasteiger partial charge in [0.15, 0.2) is 5.52 Å². The molecule has 0 spiro atoms. The molecule has 146 valence electrons. The predicted octanol–water partition coefficient (Wildman–Crippen LogP) is 3.03. The number of anilines is 3. The number of aromatic nitrogens is 4. The maximum Gasteiger partial charge on any atom is 0.344 e. The monoisotopic (exact) mass is 406 g/mol. The van der Waals surface area contributed by atoms with Gasteiger partial charge in [-0.2, -0.15) is 0 Å². The summed E-state index contributed by atoms with van der Waals surface area (Å²) in [5.41, 5.74) is 11.2. The van der Waals surface area contributed by atoms with Crippen molar-refractivity contribution >= 4 is 40.2 Å². The van der Waals surface area contributed by atoms with E-state index in [-0.39, 0.29) is 0 Å². The van der Waals surface area contributed by atoms with Gasteiger partial charge in [-0.25, -0.2) is 9.97 Å². The van der Waals surface area contributed by atoms with Gasteiger partial charge in [-0.3, -0.25) is 0 Å². The van der Waals surface area contributed by atoms with Gasteiger partial charge in [0.05, 0.1) is 19.4 Å². The molecule has 0 fully saturated rings. The molecule has 1 aliphatic heterocycles. The number of H-pyrrole nitrogens is 2. The Kier molecular flexibility index (Phi) is 4.44. The Bertz CT molecular complexity index is 1170. The second-order valence-electron chi connectivity index (χ2n) is 7.17. The zero-order chi connectivity index (χ0) is 19.8. The molecule has 1 aliphatic rings. The van der Waals surface area contributed by atoms with E-state index in [0.29, 0.717) is 11.6 Å². The van der Waals surface area contributed by atoms with E-state index >= 15 is 0 Å². The summed E-state index contributed by atoms with van der Waals surface area (Å²) in [7, 11) is 0. The lowest BCUT2D eigenvalue weighted by molar-refractivity contribution is -0.348. The Morgan fingerprint density at radius 3 is 2.93 bits per heavy atom. The topological polar surface area (TPSA) is 88.2 Å². The number of nitrogen functional groups attached to an aromatic ring is 1. The first-order valence-corrected chi connectivity index (χ1v) is 9.89. The molecule has 0 bridgehead atoms. The van der Waals surface area contributed by atoms with E-state index in [4.69, 9.17) is 17.3 Å². The molecule has 5 rings (SSSR count). The number of aromatic amines is 2. The van der Waals surface area contributed by atoms with E-state index in [0.717, 1.165) is 42.5 Å². The van der Waals surface area contributed by atoms with Crippen molar-refractivity contribution in [2.45, 2.75) is 13.1 Å². The molecule has 2 aromatic carbocycles. The third-order valence-electron chi connectivity index (χ3n) is 5.24. The lowest BCUT2D eigenvalue weighted by Gasteiger charge is -2.24. The highest BCUT2D eigenvalue weighted by Crippen LogP contribution is 2.29. The SMILES string of the molecule is Nc1nc2nc[nH]c2c(N2CCN(Cc3cccc(Cl)c3)c3ccccc3C2)[nH+]1. The van der Waals surface area contributed by atoms with Crippen LogP contribution in [0, 0.1) is 0 Å². The average molecular weight is 407 g/mol. The first-order chi connectivity index (χ1) is 14.2. The second kappa shape index (κ2) is 7.25. The molecule has 0 saturated carbocycles. The molecule has 3 heterocycles. The van der Waals surface area contributed by atoms with Gasteiger partial charge in [-0.1, -0.05) is 46.9 Å². The maximum absolute atomic E-state index is 6.20. The molecule has 7 nitrogen and oxygen atoms in total. The van der Waals surface area contributed by atoms with Crippen molar-refractivity contribution in [1.82, 2.24) is 15.0 Å². The summed E-state index contributed by atoms with van der Waals surface area (Å²) < 4.78 is 0. The van der Waals surface area contributed by atoms with E-state index in [1.54, 1.807) is 6.33 Å². The lowest BCUT2D eigenvalue weighted by Crippen LogP contribution is -2.35. The van der Waals surface area contributed by atoms with Crippen molar-refractivity contribution in [2.24, 2.45) is 0 Å². The van der Waals surface area contributed by atoms with Gasteiger partial charge in [0, 0.05) is 29.4 Å². The van der Waals surface area contributed by atoms with Crippen LogP contribution in [0.3, 0.4) is 0 Å². The molecule has 8 heteroatoms. The fourth-order valence-electron chi connectivity index (χ4n) is 3.92. The number of nitrogens with two attached hydrogens (primary N) is 1. The second-order valence-corrected chi connectivity index (χ2v) is 7.61. The number of fused-ring (bicyclic) bond motifs is 2. The van der Waals surface area contributed by atoms with Crippen LogP contribution in [0.5, 0.6) is 0 Å². The molecule has 0 amide bonds. The number of para-hydroxylation sites is 1. The fourth-order valence-corrected chi connectivity index (χ4v) is 4.13. The summed E-state index contributed by atoms with van der Waals surface area (Å²) in [6.45, 7) is 3.24. The van der Waals surface area contributed by atoms with Crippen molar-refractivity contribution in [1.29, 1.82) is 0 Å². The number of hydrogen-bond donors (Lipinski definition) is 2. The maximum atomic E-state index is 6.20. The van der Waals surface area contributed by atoms with Crippen molar-refractivity contribution in [3.05, 3.63) is 71.0 Å². The minimum atomic E-state index is 0.355. The first kappa shape index (κ1) is 17.8. The molecule has 0 radical (unpaired) electrons. The smallest absolute Gasteiger partial charge is 0.344 e. The van der Waals surface area contributed by atoms with E-state index in [1.807, 2.05) is 18.2 Å². The van der Waals surface area contributed by atoms with E-state index in [1.165, 1.54) is 16.8 Å². The van der Waals surface area contributed by atoms with Crippen molar-refractivity contribution in [3.63, 3.8) is 0 Å². The van der Waals surface area contributed by atoms with Crippen molar-refractivity contribution in [3.8, 4) is 0 Å². The largest absolute Gasteiger partial charge is 0.364 e. The number of nitrogens with one attached hydrogen (secondary N) is 2. The highest BCUT2D eigenvalue weighted by Gasteiger charge is 2.26. The molecular formula is C21H21ClN7+. The van der Waals surface area contributed by atoms with Crippen molar-refractivity contribution < 1.29 is 4.98 Å². The third-order valence-corrected chi connectivity index (χ3v) is 5.48. The highest BCUT2D eigenvalue weighted by atomic mass is 35.5. The van der Waals surface area contributed by atoms with Gasteiger partial charge in [0.1, 0.15) is 0 Å². The van der Waals surface area contributed by atoms with Crippen LogP contribution in [0.1, 0.15) is 11.1 Å². The number of imidazole rings is 1. The number of halogens is 1. The van der Waals surface area contributed by atoms with Crippen LogP contribution < -0.4 is 20.5 Å². The zero-order valence-corrected chi connectivity index (χ0v) is 16.5. The standard InChI is InChI=1S/C21H20ClN7/c22-16-6-3-4-14(10-16)11-28-8-9-29(12-15-5-1-2-7-17(15)28)20-18-19(25-13-24-18)26-21(23)27-20/h1-7,10,13H,8-9,11-12H2,(H3,23,24,25,26,27)/p+1. The van der Waals surface area contributed by atoms with Gasteiger partial charge < -0.3 is 20.5 Å². The van der Waals surface area contributed by atoms with Crippen LogP contribution in [0.15, 0.2) is 54.9 Å². The van der Waals surface area contributed by atoms with Crippen LogP contribution in [0.4, 0.5) is 17.5 Å². The van der Waals surface area contributed by atoms with Crippen LogP contribution >= 0.6 is 11.6 Å². The Hall–Kier alpha value is -3.32. The quantitative estimate of drug-likeness (QED) is 0.546. The summed E-state index contributed by atoms with van der Waals surface area (Å²) >= 11 is 6.20. The van der Waals surface area contributed by atoms with Gasteiger partial charge in [-0.05, 0) is 23.8 Å². The Labute approximate surface area is 173 Å². The number of benzene rings is 2. The lowest BCUT2D eigenvalue weighted by atomic mass is 10.1. The third kappa shape index (κ3) is 3.45.